The highest BCUT2D eigenvalue weighted by molar-refractivity contribution is 9.10. The Labute approximate surface area is 187 Å². The Kier molecular flexibility index (Phi) is 5.81. The first-order valence-corrected chi connectivity index (χ1v) is 11.6. The van der Waals surface area contributed by atoms with Crippen molar-refractivity contribution < 1.29 is 13.2 Å². The molecule has 4 rings (SSSR count). The van der Waals surface area contributed by atoms with Gasteiger partial charge in [0, 0.05) is 22.6 Å². The molecule has 0 spiro atoms. The van der Waals surface area contributed by atoms with E-state index in [9.17, 15) is 13.2 Å². The number of halogens is 1. The van der Waals surface area contributed by atoms with Crippen molar-refractivity contribution in [3.8, 4) is 11.4 Å². The van der Waals surface area contributed by atoms with Crippen LogP contribution in [0.15, 0.2) is 82.3 Å². The number of carbonyl (C=O) groups excluding carboxylic acids is 1. The number of benzene rings is 2. The molecule has 9 heteroatoms. The smallest absolute Gasteiger partial charge is 0.252 e. The van der Waals surface area contributed by atoms with Crippen LogP contribution in [0.25, 0.3) is 22.3 Å². The van der Waals surface area contributed by atoms with E-state index in [1.165, 1.54) is 12.1 Å². The van der Waals surface area contributed by atoms with E-state index in [0.29, 0.717) is 27.9 Å². The van der Waals surface area contributed by atoms with Gasteiger partial charge in [0.1, 0.15) is 0 Å². The molecular weight excluding hydrogens is 480 g/mol. The third kappa shape index (κ3) is 4.79. The molecule has 0 fully saturated rings. The molecule has 2 heterocycles. The van der Waals surface area contributed by atoms with Crippen molar-refractivity contribution in [2.75, 3.05) is 0 Å². The highest BCUT2D eigenvalue weighted by Crippen LogP contribution is 2.26. The van der Waals surface area contributed by atoms with Gasteiger partial charge in [-0.05, 0) is 54.1 Å². The quantitative estimate of drug-likeness (QED) is 0.437. The molecule has 3 N–H and O–H groups in total. The number of primary sulfonamides is 1. The molecule has 0 unspecified atom stereocenters. The van der Waals surface area contributed by atoms with Crippen LogP contribution in [0.4, 0.5) is 0 Å². The molecule has 1 amide bonds. The number of nitrogens with two attached hydrogens (primary N) is 1. The van der Waals surface area contributed by atoms with Gasteiger partial charge < -0.3 is 5.32 Å². The summed E-state index contributed by atoms with van der Waals surface area (Å²) < 4.78 is 23.6. The van der Waals surface area contributed by atoms with Crippen molar-refractivity contribution in [3.63, 3.8) is 0 Å². The number of carbonyl (C=O) groups is 1. The van der Waals surface area contributed by atoms with Gasteiger partial charge in [-0.25, -0.2) is 18.5 Å². The molecule has 4 aromatic rings. The zero-order chi connectivity index (χ0) is 22.0. The minimum absolute atomic E-state index is 0.0209. The largest absolute Gasteiger partial charge is 0.348 e. The minimum Gasteiger partial charge on any atom is -0.348 e. The maximum Gasteiger partial charge on any atom is 0.252 e. The molecule has 156 valence electrons. The molecule has 0 radical (unpaired) electrons. The van der Waals surface area contributed by atoms with Gasteiger partial charge in [-0.2, -0.15) is 0 Å². The molecule has 31 heavy (non-hydrogen) atoms. The van der Waals surface area contributed by atoms with Gasteiger partial charge in [0.15, 0.2) is 0 Å². The van der Waals surface area contributed by atoms with Crippen LogP contribution >= 0.6 is 15.9 Å². The highest BCUT2D eigenvalue weighted by atomic mass is 79.9. The van der Waals surface area contributed by atoms with E-state index in [0.717, 1.165) is 10.0 Å². The van der Waals surface area contributed by atoms with Gasteiger partial charge in [0.05, 0.1) is 27.4 Å². The van der Waals surface area contributed by atoms with Crippen LogP contribution < -0.4 is 10.5 Å². The number of nitrogens with zero attached hydrogens (tertiary/aromatic N) is 2. The van der Waals surface area contributed by atoms with Gasteiger partial charge in [0.25, 0.3) is 5.91 Å². The van der Waals surface area contributed by atoms with Crippen LogP contribution in [-0.4, -0.2) is 24.3 Å². The predicted octanol–water partition coefficient (Wildman–Crippen LogP) is 3.64. The lowest BCUT2D eigenvalue weighted by Gasteiger charge is -2.11. The summed E-state index contributed by atoms with van der Waals surface area (Å²) in [6.07, 6.45) is 1.67. The second-order valence-electron chi connectivity index (χ2n) is 6.80. The monoisotopic (exact) mass is 496 g/mol. The van der Waals surface area contributed by atoms with Crippen LogP contribution in [-0.2, 0) is 16.6 Å². The molecule has 7 nitrogen and oxygen atoms in total. The van der Waals surface area contributed by atoms with Crippen LogP contribution in [0.1, 0.15) is 15.9 Å². The number of nitrogens with one attached hydrogen (secondary N) is 1. The van der Waals surface area contributed by atoms with Crippen molar-refractivity contribution in [1.29, 1.82) is 0 Å². The lowest BCUT2D eigenvalue weighted by Crippen LogP contribution is -2.23. The molecule has 0 aliphatic heterocycles. The number of pyridine rings is 2. The summed E-state index contributed by atoms with van der Waals surface area (Å²) in [5, 5.41) is 8.71. The summed E-state index contributed by atoms with van der Waals surface area (Å²) in [7, 11) is -3.76. The lowest BCUT2D eigenvalue weighted by molar-refractivity contribution is 0.0952. The molecule has 0 aliphatic rings. The normalized spacial score (nSPS) is 11.4. The van der Waals surface area contributed by atoms with E-state index >= 15 is 0 Å². The molecule has 0 saturated carbocycles. The van der Waals surface area contributed by atoms with Gasteiger partial charge in [-0.15, -0.1) is 0 Å². The maximum absolute atomic E-state index is 13.1. The van der Waals surface area contributed by atoms with E-state index in [2.05, 4.69) is 31.2 Å². The Morgan fingerprint density at radius 3 is 2.45 bits per heavy atom. The summed E-state index contributed by atoms with van der Waals surface area (Å²) in [6, 6.07) is 18.8. The average Bonchev–Trinajstić information content (AvgIpc) is 2.77. The van der Waals surface area contributed by atoms with Crippen LogP contribution in [0.5, 0.6) is 0 Å². The number of hydrogen-bond donors (Lipinski definition) is 2. The highest BCUT2D eigenvalue weighted by Gasteiger charge is 2.15. The van der Waals surface area contributed by atoms with Crippen molar-refractivity contribution in [1.82, 2.24) is 15.3 Å². The minimum atomic E-state index is -3.76. The Hall–Kier alpha value is -3.14. The van der Waals surface area contributed by atoms with Crippen molar-refractivity contribution in [3.05, 3.63) is 88.5 Å². The standard InChI is InChI=1S/C22H17BrN4O3S/c23-15-6-9-19-17(11-15)18(12-21(27-19)20-3-1-2-10-25-20)22(28)26-13-14-4-7-16(8-5-14)31(24,29)30/h1-12H,13H2,(H,26,28)(H2,24,29,30). The maximum atomic E-state index is 13.1. The number of amides is 1. The second kappa shape index (κ2) is 8.54. The fourth-order valence-electron chi connectivity index (χ4n) is 3.11. The number of aromatic nitrogens is 2. The van der Waals surface area contributed by atoms with Crippen LogP contribution in [0.2, 0.25) is 0 Å². The van der Waals surface area contributed by atoms with Crippen molar-refractivity contribution >= 4 is 42.8 Å². The van der Waals surface area contributed by atoms with Gasteiger partial charge in [-0.1, -0.05) is 34.1 Å². The fourth-order valence-corrected chi connectivity index (χ4v) is 3.98. The first-order valence-electron chi connectivity index (χ1n) is 9.23. The molecule has 2 aromatic heterocycles. The average molecular weight is 497 g/mol. The fraction of sp³-hybridized carbons (Fsp3) is 0.0455. The zero-order valence-corrected chi connectivity index (χ0v) is 18.5. The van der Waals surface area contributed by atoms with E-state index in [1.54, 1.807) is 24.4 Å². The predicted molar refractivity (Wildman–Crippen MR) is 122 cm³/mol. The van der Waals surface area contributed by atoms with E-state index in [4.69, 9.17) is 5.14 Å². The number of sulfonamides is 1. The summed E-state index contributed by atoms with van der Waals surface area (Å²) >= 11 is 3.45. The van der Waals surface area contributed by atoms with E-state index < -0.39 is 10.0 Å². The summed E-state index contributed by atoms with van der Waals surface area (Å²) in [6.45, 7) is 0.223. The molecule has 2 aromatic carbocycles. The summed E-state index contributed by atoms with van der Waals surface area (Å²) in [5.41, 5.74) is 3.14. The van der Waals surface area contributed by atoms with Gasteiger partial charge in [-0.3, -0.25) is 9.78 Å². The Morgan fingerprint density at radius 1 is 1.00 bits per heavy atom. The number of fused-ring (bicyclic) bond motifs is 1. The number of rotatable bonds is 5. The van der Waals surface area contributed by atoms with Gasteiger partial charge >= 0.3 is 0 Å². The Bertz CT molecular complexity index is 1380. The zero-order valence-electron chi connectivity index (χ0n) is 16.1. The SMILES string of the molecule is NS(=O)(=O)c1ccc(CNC(=O)c2cc(-c3ccccn3)nc3ccc(Br)cc23)cc1. The number of hydrogen-bond acceptors (Lipinski definition) is 5. The first kappa shape index (κ1) is 21.1. The third-order valence-electron chi connectivity index (χ3n) is 4.65. The second-order valence-corrected chi connectivity index (χ2v) is 9.28. The van der Waals surface area contributed by atoms with Crippen molar-refractivity contribution in [2.45, 2.75) is 11.4 Å². The van der Waals surface area contributed by atoms with Crippen LogP contribution in [0, 0.1) is 0 Å². The molecule has 0 aliphatic carbocycles. The third-order valence-corrected chi connectivity index (χ3v) is 6.07. The molecule has 0 saturated heterocycles. The van der Waals surface area contributed by atoms with Crippen LogP contribution in [0.3, 0.4) is 0 Å². The molecular formula is C22H17BrN4O3S. The van der Waals surface area contributed by atoms with E-state index in [1.807, 2.05) is 36.4 Å². The Balaban J connectivity index is 1.65. The topological polar surface area (TPSA) is 115 Å². The first-order chi connectivity index (χ1) is 14.8. The molecule has 0 atom stereocenters. The van der Waals surface area contributed by atoms with E-state index in [-0.39, 0.29) is 17.3 Å². The van der Waals surface area contributed by atoms with Crippen molar-refractivity contribution in [2.24, 2.45) is 5.14 Å². The molecule has 0 bridgehead atoms. The Morgan fingerprint density at radius 2 is 1.77 bits per heavy atom. The lowest BCUT2D eigenvalue weighted by atomic mass is 10.1. The summed E-state index contributed by atoms with van der Waals surface area (Å²) in [5.74, 6) is -0.279. The summed E-state index contributed by atoms with van der Waals surface area (Å²) in [4.78, 5) is 22.1. The van der Waals surface area contributed by atoms with Gasteiger partial charge in [0.2, 0.25) is 10.0 Å².